The number of hydrogen-bond donors (Lipinski definition) is 1. The molecule has 3 unspecified atom stereocenters. The number of carbonyl (C=O) groups is 3. The van der Waals surface area contributed by atoms with Gasteiger partial charge in [-0.3, -0.25) is 23.7 Å². The first-order chi connectivity index (χ1) is 20.3. The summed E-state index contributed by atoms with van der Waals surface area (Å²) in [7, 11) is 6.55. The number of nitrogens with zero attached hydrogens (tertiary/aromatic N) is 3. The lowest BCUT2D eigenvalue weighted by Gasteiger charge is -2.24. The average Bonchev–Trinajstić information content (AvgIpc) is 3.26. The van der Waals surface area contributed by atoms with Gasteiger partial charge in [0.1, 0.15) is 23.5 Å². The Morgan fingerprint density at radius 2 is 1.77 bits per heavy atom. The molecule has 1 aliphatic rings. The molecule has 228 valence electrons. The first-order valence-corrected chi connectivity index (χ1v) is 14.3. The predicted molar refractivity (Wildman–Crippen MR) is 164 cm³/mol. The lowest BCUT2D eigenvalue weighted by Crippen LogP contribution is -2.45. The highest BCUT2D eigenvalue weighted by molar-refractivity contribution is 7.18. The zero-order valence-electron chi connectivity index (χ0n) is 24.7. The fourth-order valence-electron chi connectivity index (χ4n) is 5.03. The monoisotopic (exact) mass is 610 g/mol. The van der Waals surface area contributed by atoms with Gasteiger partial charge < -0.3 is 24.6 Å². The third-order valence-electron chi connectivity index (χ3n) is 7.17. The van der Waals surface area contributed by atoms with Gasteiger partial charge in [-0.2, -0.15) is 4.39 Å². The number of ether oxygens (including phenoxy) is 2. The van der Waals surface area contributed by atoms with E-state index in [1.54, 1.807) is 20.2 Å². The largest absolute Gasteiger partial charge is 0.455 e. The minimum Gasteiger partial charge on any atom is -0.455 e. The molecule has 3 aromatic rings. The number of aromatic nitrogens is 1. The summed E-state index contributed by atoms with van der Waals surface area (Å²) in [5.74, 6) is -1.55. The van der Waals surface area contributed by atoms with Gasteiger partial charge in [0.05, 0.1) is 6.61 Å². The summed E-state index contributed by atoms with van der Waals surface area (Å²) in [5, 5.41) is 2.85. The van der Waals surface area contributed by atoms with E-state index in [-0.39, 0.29) is 36.1 Å². The van der Waals surface area contributed by atoms with E-state index in [1.165, 1.54) is 64.9 Å². The molecular formula is C31H36FN4O6P. The number of likely N-dealkylation sites (N-methyl/N-ethyl adjacent to an activating group) is 1. The van der Waals surface area contributed by atoms with Gasteiger partial charge >= 0.3 is 0 Å². The molecule has 12 heteroatoms. The maximum atomic E-state index is 13.9. The SMILES string of the molecule is COCC(C(=O)N(C)C)n1cccc(N2C[C@@H](c3ccc(C)cc3)[C@H](NC(=O)c3ccc(OC(C)(F)P)cc3)C2=O)c1=O. The molecule has 0 aliphatic carbocycles. The van der Waals surface area contributed by atoms with Crippen molar-refractivity contribution in [3.8, 4) is 5.75 Å². The molecule has 0 saturated carbocycles. The van der Waals surface area contributed by atoms with E-state index < -0.39 is 41.0 Å². The van der Waals surface area contributed by atoms with E-state index in [0.29, 0.717) is 0 Å². The van der Waals surface area contributed by atoms with Crippen molar-refractivity contribution in [3.05, 3.63) is 93.9 Å². The van der Waals surface area contributed by atoms with Crippen LogP contribution in [0.25, 0.3) is 0 Å². The van der Waals surface area contributed by atoms with Gasteiger partial charge in [0.15, 0.2) is 0 Å². The fraction of sp³-hybridized carbons (Fsp3) is 0.355. The molecule has 2 heterocycles. The number of halogens is 1. The van der Waals surface area contributed by atoms with Crippen LogP contribution < -0.4 is 20.5 Å². The molecular weight excluding hydrogens is 574 g/mol. The van der Waals surface area contributed by atoms with Crippen molar-refractivity contribution in [1.82, 2.24) is 14.8 Å². The van der Waals surface area contributed by atoms with Crippen LogP contribution in [0.2, 0.25) is 0 Å². The van der Waals surface area contributed by atoms with Crippen molar-refractivity contribution >= 4 is 32.6 Å². The third kappa shape index (κ3) is 7.29. The Morgan fingerprint density at radius 1 is 1.12 bits per heavy atom. The van der Waals surface area contributed by atoms with E-state index in [9.17, 15) is 23.6 Å². The Balaban J connectivity index is 1.68. The van der Waals surface area contributed by atoms with Crippen LogP contribution in [0.15, 0.2) is 71.7 Å². The molecule has 1 saturated heterocycles. The maximum Gasteiger partial charge on any atom is 0.275 e. The van der Waals surface area contributed by atoms with E-state index in [1.807, 2.05) is 40.4 Å². The summed E-state index contributed by atoms with van der Waals surface area (Å²) >= 11 is 0. The zero-order chi connectivity index (χ0) is 31.5. The molecule has 1 N–H and O–H groups in total. The highest BCUT2D eigenvalue weighted by Gasteiger charge is 2.44. The number of pyridine rings is 1. The quantitative estimate of drug-likeness (QED) is 0.353. The number of nitrogens with one attached hydrogen (secondary N) is 1. The Labute approximate surface area is 252 Å². The van der Waals surface area contributed by atoms with Crippen molar-refractivity contribution in [1.29, 1.82) is 0 Å². The van der Waals surface area contributed by atoms with E-state index >= 15 is 0 Å². The molecule has 0 radical (unpaired) electrons. The van der Waals surface area contributed by atoms with E-state index in [2.05, 4.69) is 5.32 Å². The number of amides is 3. The molecule has 1 aliphatic heterocycles. The molecule has 1 aromatic heterocycles. The van der Waals surface area contributed by atoms with Crippen LogP contribution >= 0.6 is 9.24 Å². The molecule has 1 fully saturated rings. The molecule has 4 rings (SSSR count). The van der Waals surface area contributed by atoms with Crippen LogP contribution in [0.1, 0.15) is 40.4 Å². The third-order valence-corrected chi connectivity index (χ3v) is 7.29. The lowest BCUT2D eigenvalue weighted by molar-refractivity contribution is -0.133. The average molecular weight is 611 g/mol. The van der Waals surface area contributed by atoms with Crippen LogP contribution in [0.4, 0.5) is 10.1 Å². The summed E-state index contributed by atoms with van der Waals surface area (Å²) in [5.41, 5.74) is -0.325. The summed E-state index contributed by atoms with van der Waals surface area (Å²) in [6.45, 7) is 3.27. The highest BCUT2D eigenvalue weighted by atomic mass is 31.0. The normalized spacial score (nSPS) is 18.6. The summed E-state index contributed by atoms with van der Waals surface area (Å²) in [4.78, 5) is 56.6. The summed E-state index contributed by atoms with van der Waals surface area (Å²) < 4.78 is 25.5. The number of alkyl halides is 1. The first kappa shape index (κ1) is 31.8. The second-order valence-electron chi connectivity index (χ2n) is 10.8. The Bertz CT molecular complexity index is 1540. The van der Waals surface area contributed by atoms with Crippen molar-refractivity contribution in [2.45, 2.75) is 37.4 Å². The van der Waals surface area contributed by atoms with Crippen LogP contribution in [0.3, 0.4) is 0 Å². The standard InChI is InChI=1S/C31H36FN4O6P/c1-19-8-10-20(11-9-19)23-17-36(24-7-6-16-35(29(24)39)25(18-41-5)28(38)34(3)4)30(40)26(23)33-27(37)21-12-14-22(15-13-21)42-31(2,32)43/h6-16,23,25-26H,17-18,43H2,1-5H3,(H,33,37)/t23-,25?,26-,31?/m0/s1. The molecule has 5 atom stereocenters. The topological polar surface area (TPSA) is 110 Å². The van der Waals surface area contributed by atoms with Gasteiger partial charge in [-0.25, -0.2) is 0 Å². The van der Waals surface area contributed by atoms with Crippen molar-refractivity contribution in [2.24, 2.45) is 0 Å². The van der Waals surface area contributed by atoms with Gasteiger partial charge in [0, 0.05) is 52.4 Å². The van der Waals surface area contributed by atoms with Crippen LogP contribution in [0, 0.1) is 6.92 Å². The fourth-order valence-corrected chi connectivity index (χ4v) is 5.16. The van der Waals surface area contributed by atoms with Crippen molar-refractivity contribution < 1.29 is 28.2 Å². The molecule has 0 bridgehead atoms. The summed E-state index contributed by atoms with van der Waals surface area (Å²) in [6.07, 6.45) is 1.49. The Kier molecular flexibility index (Phi) is 9.67. The number of aryl methyl sites for hydroxylation is 1. The Hall–Kier alpha value is -4.08. The van der Waals surface area contributed by atoms with Crippen LogP contribution in [-0.4, -0.2) is 73.2 Å². The van der Waals surface area contributed by atoms with Gasteiger partial charge in [-0.15, -0.1) is 0 Å². The highest BCUT2D eigenvalue weighted by Crippen LogP contribution is 2.32. The number of hydrogen-bond acceptors (Lipinski definition) is 6. The molecule has 43 heavy (non-hydrogen) atoms. The molecule has 2 aromatic carbocycles. The minimum atomic E-state index is -1.97. The molecule has 10 nitrogen and oxygen atoms in total. The Morgan fingerprint density at radius 3 is 2.35 bits per heavy atom. The van der Waals surface area contributed by atoms with Gasteiger partial charge in [-0.05, 0) is 48.9 Å². The smallest absolute Gasteiger partial charge is 0.275 e. The zero-order valence-corrected chi connectivity index (χ0v) is 25.9. The first-order valence-electron chi connectivity index (χ1n) is 13.7. The van der Waals surface area contributed by atoms with E-state index in [0.717, 1.165) is 11.1 Å². The predicted octanol–water partition coefficient (Wildman–Crippen LogP) is 3.26. The number of benzene rings is 2. The summed E-state index contributed by atoms with van der Waals surface area (Å²) in [6, 6.07) is 14.7. The minimum absolute atomic E-state index is 0.0372. The maximum absolute atomic E-state index is 13.9. The van der Waals surface area contributed by atoms with Crippen LogP contribution in [0.5, 0.6) is 5.75 Å². The molecule has 0 spiro atoms. The van der Waals surface area contributed by atoms with Gasteiger partial charge in [-0.1, -0.05) is 39.1 Å². The van der Waals surface area contributed by atoms with E-state index in [4.69, 9.17) is 9.47 Å². The number of rotatable bonds is 10. The van der Waals surface area contributed by atoms with Crippen molar-refractivity contribution in [2.75, 3.05) is 39.3 Å². The lowest BCUT2D eigenvalue weighted by atomic mass is 9.93. The second-order valence-corrected chi connectivity index (χ2v) is 11.9. The second kappa shape index (κ2) is 13.1. The van der Waals surface area contributed by atoms with Gasteiger partial charge in [0.25, 0.3) is 17.1 Å². The van der Waals surface area contributed by atoms with Crippen LogP contribution in [-0.2, 0) is 14.3 Å². The number of anilines is 1. The number of carbonyl (C=O) groups excluding carboxylic acids is 3. The van der Waals surface area contributed by atoms with Gasteiger partial charge in [0.2, 0.25) is 11.8 Å². The van der Waals surface area contributed by atoms with Crippen molar-refractivity contribution in [3.63, 3.8) is 0 Å². The molecule has 3 amide bonds. The number of methoxy groups -OCH3 is 1.